The molecule has 0 unspecified atom stereocenters. The Kier molecular flexibility index (Phi) is 2.96. The maximum atomic E-state index is 2.74. The Morgan fingerprint density at radius 1 is 1.00 bits per heavy atom. The van der Waals surface area contributed by atoms with Crippen LogP contribution in [0.4, 0.5) is 0 Å². The summed E-state index contributed by atoms with van der Waals surface area (Å²) in [5.41, 5.74) is 3.51. The summed E-state index contributed by atoms with van der Waals surface area (Å²) in [4.78, 5) is 2.74. The molecule has 92 valence electrons. The van der Waals surface area contributed by atoms with E-state index < -0.39 is 0 Å². The highest BCUT2D eigenvalue weighted by atomic mass is 15.2. The summed E-state index contributed by atoms with van der Waals surface area (Å²) >= 11 is 0. The topological polar surface area (TPSA) is 3.24 Å². The zero-order valence-corrected chi connectivity index (χ0v) is 10.9. The molecular weight excluding hydrogens is 206 g/mol. The molecule has 0 spiro atoms. The second-order valence-electron chi connectivity index (χ2n) is 5.83. The summed E-state index contributed by atoms with van der Waals surface area (Å²) in [5, 5.41) is 0. The fourth-order valence-corrected chi connectivity index (χ4v) is 3.74. The molecule has 1 fully saturated rings. The van der Waals surface area contributed by atoms with Crippen molar-refractivity contribution in [3.05, 3.63) is 35.4 Å². The van der Waals surface area contributed by atoms with Crippen LogP contribution in [0.3, 0.4) is 0 Å². The fourth-order valence-electron chi connectivity index (χ4n) is 3.74. The van der Waals surface area contributed by atoms with E-state index in [9.17, 15) is 0 Å². The number of fused-ring (bicyclic) bond motifs is 1. The first-order chi connectivity index (χ1) is 8.31. The van der Waals surface area contributed by atoms with Crippen LogP contribution in [0.15, 0.2) is 24.3 Å². The fraction of sp³-hybridized carbons (Fsp3) is 0.625. The Labute approximate surface area is 105 Å². The maximum Gasteiger partial charge on any atom is 0.0435 e. The second kappa shape index (κ2) is 4.45. The monoisotopic (exact) mass is 229 g/mol. The van der Waals surface area contributed by atoms with Crippen molar-refractivity contribution in [3.63, 3.8) is 0 Å². The van der Waals surface area contributed by atoms with Crippen LogP contribution in [0.25, 0.3) is 0 Å². The highest BCUT2D eigenvalue weighted by Crippen LogP contribution is 2.40. The summed E-state index contributed by atoms with van der Waals surface area (Å²) in [6.07, 6.45) is 8.16. The van der Waals surface area contributed by atoms with E-state index in [2.05, 4.69) is 36.1 Å². The van der Waals surface area contributed by atoms with E-state index in [0.29, 0.717) is 5.54 Å². The molecule has 1 aromatic carbocycles. The first-order valence-corrected chi connectivity index (χ1v) is 7.14. The van der Waals surface area contributed by atoms with Crippen molar-refractivity contribution in [2.24, 2.45) is 0 Å². The molecule has 1 heterocycles. The summed E-state index contributed by atoms with van der Waals surface area (Å²) < 4.78 is 0. The number of hydrogen-bond acceptors (Lipinski definition) is 1. The van der Waals surface area contributed by atoms with Gasteiger partial charge in [-0.15, -0.1) is 0 Å². The van der Waals surface area contributed by atoms with Gasteiger partial charge in [-0.1, -0.05) is 30.7 Å². The van der Waals surface area contributed by atoms with Crippen molar-refractivity contribution in [1.29, 1.82) is 0 Å². The Balaban J connectivity index is 1.96. The first-order valence-electron chi connectivity index (χ1n) is 7.14. The van der Waals surface area contributed by atoms with Gasteiger partial charge in [0.25, 0.3) is 0 Å². The van der Waals surface area contributed by atoms with Crippen molar-refractivity contribution in [2.75, 3.05) is 13.1 Å². The largest absolute Gasteiger partial charge is 0.294 e. The molecule has 0 N–H and O–H groups in total. The predicted molar refractivity (Wildman–Crippen MR) is 72.2 cm³/mol. The molecule has 1 saturated heterocycles. The average molecular weight is 229 g/mol. The van der Waals surface area contributed by atoms with E-state index in [-0.39, 0.29) is 0 Å². The minimum Gasteiger partial charge on any atom is -0.294 e. The third kappa shape index (κ3) is 1.91. The minimum absolute atomic E-state index is 0.315. The Morgan fingerprint density at radius 3 is 2.59 bits per heavy atom. The van der Waals surface area contributed by atoms with Gasteiger partial charge in [-0.25, -0.2) is 0 Å². The molecule has 1 atom stereocenters. The van der Waals surface area contributed by atoms with E-state index in [4.69, 9.17) is 0 Å². The summed E-state index contributed by atoms with van der Waals surface area (Å²) in [5.74, 6) is 0. The molecule has 0 bridgehead atoms. The average Bonchev–Trinajstić information content (AvgIpc) is 2.40. The van der Waals surface area contributed by atoms with Crippen LogP contribution in [-0.4, -0.2) is 18.0 Å². The molecule has 1 nitrogen and oxygen atoms in total. The SMILES string of the molecule is C[C@]1(N2CCCCC2)CCCc2ccccc21. The van der Waals surface area contributed by atoms with Crippen LogP contribution < -0.4 is 0 Å². The van der Waals surface area contributed by atoms with Crippen molar-refractivity contribution >= 4 is 0 Å². The Bertz CT molecular complexity index is 392. The number of likely N-dealkylation sites (tertiary alicyclic amines) is 1. The summed E-state index contributed by atoms with van der Waals surface area (Å²) in [7, 11) is 0. The third-order valence-electron chi connectivity index (χ3n) is 4.76. The van der Waals surface area contributed by atoms with E-state index in [1.807, 2.05) is 0 Å². The highest BCUT2D eigenvalue weighted by molar-refractivity contribution is 5.35. The van der Waals surface area contributed by atoms with Gasteiger partial charge in [0.05, 0.1) is 0 Å². The van der Waals surface area contributed by atoms with Gasteiger partial charge in [0, 0.05) is 5.54 Å². The molecule has 3 rings (SSSR count). The molecule has 1 aliphatic heterocycles. The van der Waals surface area contributed by atoms with E-state index in [1.165, 1.54) is 51.6 Å². The van der Waals surface area contributed by atoms with Crippen LogP contribution in [0, 0.1) is 0 Å². The predicted octanol–water partition coefficient (Wildman–Crippen LogP) is 3.72. The lowest BCUT2D eigenvalue weighted by Crippen LogP contribution is -2.48. The van der Waals surface area contributed by atoms with E-state index >= 15 is 0 Å². The van der Waals surface area contributed by atoms with Crippen LogP contribution in [-0.2, 0) is 12.0 Å². The second-order valence-corrected chi connectivity index (χ2v) is 5.83. The number of rotatable bonds is 1. The molecule has 17 heavy (non-hydrogen) atoms. The molecule has 1 aliphatic carbocycles. The lowest BCUT2D eigenvalue weighted by molar-refractivity contribution is 0.0633. The van der Waals surface area contributed by atoms with Crippen molar-refractivity contribution < 1.29 is 0 Å². The number of benzene rings is 1. The summed E-state index contributed by atoms with van der Waals surface area (Å²) in [6, 6.07) is 9.10. The molecule has 0 aromatic heterocycles. The van der Waals surface area contributed by atoms with Gasteiger partial charge in [0.1, 0.15) is 0 Å². The third-order valence-corrected chi connectivity index (χ3v) is 4.76. The summed E-state index contributed by atoms with van der Waals surface area (Å²) in [6.45, 7) is 5.06. The van der Waals surface area contributed by atoms with Gasteiger partial charge < -0.3 is 0 Å². The van der Waals surface area contributed by atoms with E-state index in [1.54, 1.807) is 11.1 Å². The van der Waals surface area contributed by atoms with Crippen LogP contribution >= 0.6 is 0 Å². The molecule has 0 amide bonds. The van der Waals surface area contributed by atoms with Crippen molar-refractivity contribution in [1.82, 2.24) is 4.90 Å². The van der Waals surface area contributed by atoms with Gasteiger partial charge >= 0.3 is 0 Å². The van der Waals surface area contributed by atoms with Gasteiger partial charge in [-0.05, 0) is 63.2 Å². The Hall–Kier alpha value is -0.820. The number of hydrogen-bond donors (Lipinski definition) is 0. The van der Waals surface area contributed by atoms with Gasteiger partial charge in [-0.3, -0.25) is 4.90 Å². The highest BCUT2D eigenvalue weighted by Gasteiger charge is 2.37. The lowest BCUT2D eigenvalue weighted by atomic mass is 9.76. The quantitative estimate of drug-likeness (QED) is 0.709. The molecular formula is C16H23N. The van der Waals surface area contributed by atoms with Crippen molar-refractivity contribution in [3.8, 4) is 0 Å². The molecule has 1 aromatic rings. The smallest absolute Gasteiger partial charge is 0.0435 e. The number of nitrogens with zero attached hydrogens (tertiary/aromatic N) is 1. The van der Waals surface area contributed by atoms with Crippen molar-refractivity contribution in [2.45, 2.75) is 51.0 Å². The molecule has 0 radical (unpaired) electrons. The Morgan fingerprint density at radius 2 is 1.76 bits per heavy atom. The number of aryl methyl sites for hydroxylation is 1. The first kappa shape index (κ1) is 11.3. The van der Waals surface area contributed by atoms with Crippen LogP contribution in [0.2, 0.25) is 0 Å². The lowest BCUT2D eigenvalue weighted by Gasteiger charge is -2.47. The zero-order valence-electron chi connectivity index (χ0n) is 10.9. The minimum atomic E-state index is 0.315. The molecule has 1 heteroatoms. The van der Waals surface area contributed by atoms with Gasteiger partial charge in [0.15, 0.2) is 0 Å². The maximum absolute atomic E-state index is 2.74. The standard InChI is InChI=1S/C16H23N/c1-16(17-12-5-2-6-13-17)11-7-9-14-8-3-4-10-15(14)16/h3-4,8,10H,2,5-7,9,11-13H2,1H3/t16-/m0/s1. The van der Waals surface area contributed by atoms with Crippen LogP contribution in [0.5, 0.6) is 0 Å². The van der Waals surface area contributed by atoms with Gasteiger partial charge in [0.2, 0.25) is 0 Å². The van der Waals surface area contributed by atoms with E-state index in [0.717, 1.165) is 0 Å². The zero-order chi connectivity index (χ0) is 11.7. The molecule has 2 aliphatic rings. The van der Waals surface area contributed by atoms with Crippen LogP contribution in [0.1, 0.15) is 50.2 Å². The normalized spacial score (nSPS) is 29.9. The number of piperidine rings is 1. The van der Waals surface area contributed by atoms with Gasteiger partial charge in [-0.2, -0.15) is 0 Å². The molecule has 0 saturated carbocycles.